The van der Waals surface area contributed by atoms with Gasteiger partial charge in [-0.15, -0.1) is 0 Å². The van der Waals surface area contributed by atoms with Gasteiger partial charge in [0.25, 0.3) is 0 Å². The molecule has 1 aromatic heterocycles. The van der Waals surface area contributed by atoms with E-state index in [1.807, 2.05) is 19.2 Å². The van der Waals surface area contributed by atoms with Gasteiger partial charge in [0.05, 0.1) is 6.10 Å². The van der Waals surface area contributed by atoms with Crippen LogP contribution in [-0.4, -0.2) is 16.2 Å². The summed E-state index contributed by atoms with van der Waals surface area (Å²) < 4.78 is 0. The monoisotopic (exact) mass is 191 g/mol. The third kappa shape index (κ3) is 1.95. The highest BCUT2D eigenvalue weighted by molar-refractivity contribution is 5.19. The van der Waals surface area contributed by atoms with Crippen LogP contribution < -0.4 is 0 Å². The van der Waals surface area contributed by atoms with Crippen LogP contribution in [0.5, 0.6) is 0 Å². The van der Waals surface area contributed by atoms with E-state index in [-0.39, 0.29) is 6.10 Å². The van der Waals surface area contributed by atoms with E-state index < -0.39 is 0 Å². The molecular formula is C12H17NO. The van der Waals surface area contributed by atoms with Crippen molar-refractivity contribution in [3.63, 3.8) is 0 Å². The fourth-order valence-electron chi connectivity index (χ4n) is 2.20. The van der Waals surface area contributed by atoms with E-state index in [2.05, 4.69) is 11.1 Å². The van der Waals surface area contributed by atoms with Crippen molar-refractivity contribution in [1.82, 2.24) is 4.98 Å². The lowest BCUT2D eigenvalue weighted by Crippen LogP contribution is -2.22. The third-order valence-electron chi connectivity index (χ3n) is 3.09. The van der Waals surface area contributed by atoms with E-state index in [1.165, 1.54) is 12.0 Å². The standard InChI is InChI=1S/C12H17NO/c1-9-6-7-10(8-13-9)11-4-2-3-5-12(11)14/h6-8,11-12,14H,2-5H2,1H3. The Morgan fingerprint density at radius 1 is 1.29 bits per heavy atom. The van der Waals surface area contributed by atoms with Crippen molar-refractivity contribution in [2.24, 2.45) is 0 Å². The van der Waals surface area contributed by atoms with E-state index >= 15 is 0 Å². The van der Waals surface area contributed by atoms with E-state index in [1.54, 1.807) is 0 Å². The molecule has 76 valence electrons. The number of pyridine rings is 1. The minimum Gasteiger partial charge on any atom is -0.392 e. The molecule has 2 nitrogen and oxygen atoms in total. The molecule has 1 N–H and O–H groups in total. The summed E-state index contributed by atoms with van der Waals surface area (Å²) in [5.41, 5.74) is 2.24. The van der Waals surface area contributed by atoms with Gasteiger partial charge in [0, 0.05) is 17.8 Å². The van der Waals surface area contributed by atoms with Gasteiger partial charge in [0.2, 0.25) is 0 Å². The number of aromatic nitrogens is 1. The van der Waals surface area contributed by atoms with Gasteiger partial charge >= 0.3 is 0 Å². The number of hydrogen-bond acceptors (Lipinski definition) is 2. The van der Waals surface area contributed by atoms with Gasteiger partial charge in [-0.25, -0.2) is 0 Å². The van der Waals surface area contributed by atoms with Crippen molar-refractivity contribution in [2.75, 3.05) is 0 Å². The van der Waals surface area contributed by atoms with E-state index in [0.29, 0.717) is 5.92 Å². The minimum atomic E-state index is -0.159. The van der Waals surface area contributed by atoms with Crippen LogP contribution in [-0.2, 0) is 0 Å². The molecule has 0 saturated heterocycles. The summed E-state index contributed by atoms with van der Waals surface area (Å²) in [6, 6.07) is 4.12. The SMILES string of the molecule is Cc1ccc(C2CCCCC2O)cn1. The maximum absolute atomic E-state index is 9.86. The summed E-state index contributed by atoms with van der Waals surface area (Å²) >= 11 is 0. The molecule has 0 aliphatic heterocycles. The molecule has 0 bridgehead atoms. The molecular weight excluding hydrogens is 174 g/mol. The molecule has 1 aliphatic rings. The van der Waals surface area contributed by atoms with Crippen molar-refractivity contribution < 1.29 is 5.11 Å². The van der Waals surface area contributed by atoms with Crippen molar-refractivity contribution in [3.8, 4) is 0 Å². The second kappa shape index (κ2) is 4.09. The molecule has 0 spiro atoms. The van der Waals surface area contributed by atoms with Crippen molar-refractivity contribution >= 4 is 0 Å². The Balaban J connectivity index is 2.16. The van der Waals surface area contributed by atoms with Gasteiger partial charge in [0.1, 0.15) is 0 Å². The lowest BCUT2D eigenvalue weighted by atomic mass is 9.82. The van der Waals surface area contributed by atoms with Gasteiger partial charge < -0.3 is 5.11 Å². The van der Waals surface area contributed by atoms with E-state index in [9.17, 15) is 5.11 Å². The second-order valence-corrected chi connectivity index (χ2v) is 4.19. The number of aliphatic hydroxyl groups excluding tert-OH is 1. The van der Waals surface area contributed by atoms with E-state index in [0.717, 1.165) is 25.0 Å². The largest absolute Gasteiger partial charge is 0.392 e. The first-order chi connectivity index (χ1) is 6.77. The van der Waals surface area contributed by atoms with Crippen molar-refractivity contribution in [3.05, 3.63) is 29.6 Å². The topological polar surface area (TPSA) is 33.1 Å². The number of aryl methyl sites for hydroxylation is 1. The highest BCUT2D eigenvalue weighted by Crippen LogP contribution is 2.32. The molecule has 2 atom stereocenters. The van der Waals surface area contributed by atoms with Crippen molar-refractivity contribution in [2.45, 2.75) is 44.6 Å². The molecule has 0 aromatic carbocycles. The lowest BCUT2D eigenvalue weighted by molar-refractivity contribution is 0.106. The molecule has 1 aromatic rings. The molecule has 14 heavy (non-hydrogen) atoms. The van der Waals surface area contributed by atoms with Crippen LogP contribution in [0.15, 0.2) is 18.3 Å². The highest BCUT2D eigenvalue weighted by atomic mass is 16.3. The summed E-state index contributed by atoms with van der Waals surface area (Å²) in [5.74, 6) is 0.317. The maximum Gasteiger partial charge on any atom is 0.0609 e. The predicted octanol–water partition coefficient (Wildman–Crippen LogP) is 2.41. The molecule has 2 rings (SSSR count). The van der Waals surface area contributed by atoms with Crippen LogP contribution in [0.3, 0.4) is 0 Å². The van der Waals surface area contributed by atoms with Gasteiger partial charge in [-0.05, 0) is 31.4 Å². The summed E-state index contributed by atoms with van der Waals surface area (Å²) in [5, 5.41) is 9.86. The average molecular weight is 191 g/mol. The Labute approximate surface area is 85.0 Å². The van der Waals surface area contributed by atoms with Gasteiger partial charge in [0.15, 0.2) is 0 Å². The van der Waals surface area contributed by atoms with E-state index in [4.69, 9.17) is 0 Å². The van der Waals surface area contributed by atoms with Crippen LogP contribution >= 0.6 is 0 Å². The third-order valence-corrected chi connectivity index (χ3v) is 3.09. The Kier molecular flexibility index (Phi) is 2.82. The van der Waals surface area contributed by atoms with Gasteiger partial charge in [-0.3, -0.25) is 4.98 Å². The number of rotatable bonds is 1. The number of nitrogens with zero attached hydrogens (tertiary/aromatic N) is 1. The maximum atomic E-state index is 9.86. The molecule has 0 radical (unpaired) electrons. The summed E-state index contributed by atoms with van der Waals surface area (Å²) in [6.07, 6.45) is 6.19. The normalized spacial score (nSPS) is 27.6. The first kappa shape index (κ1) is 9.66. The van der Waals surface area contributed by atoms with Crippen LogP contribution in [0.1, 0.15) is 42.9 Å². The average Bonchev–Trinajstić information content (AvgIpc) is 2.20. The molecule has 1 saturated carbocycles. The lowest BCUT2D eigenvalue weighted by Gasteiger charge is -2.27. The number of hydrogen-bond donors (Lipinski definition) is 1. The molecule has 1 heterocycles. The van der Waals surface area contributed by atoms with Gasteiger partial charge in [-0.1, -0.05) is 18.9 Å². The first-order valence-electron chi connectivity index (χ1n) is 5.38. The summed E-state index contributed by atoms with van der Waals surface area (Å²) in [6.45, 7) is 1.99. The zero-order valence-corrected chi connectivity index (χ0v) is 8.61. The van der Waals surface area contributed by atoms with Crippen LogP contribution in [0, 0.1) is 6.92 Å². The van der Waals surface area contributed by atoms with Crippen LogP contribution in [0.25, 0.3) is 0 Å². The predicted molar refractivity (Wildman–Crippen MR) is 56.2 cm³/mol. The molecule has 2 unspecified atom stereocenters. The second-order valence-electron chi connectivity index (χ2n) is 4.19. The Hall–Kier alpha value is -0.890. The molecule has 2 heteroatoms. The van der Waals surface area contributed by atoms with Crippen molar-refractivity contribution in [1.29, 1.82) is 0 Å². The fraction of sp³-hybridized carbons (Fsp3) is 0.583. The quantitative estimate of drug-likeness (QED) is 0.739. The summed E-state index contributed by atoms with van der Waals surface area (Å²) in [4.78, 5) is 4.28. The Bertz CT molecular complexity index is 294. The fourth-order valence-corrected chi connectivity index (χ4v) is 2.20. The zero-order chi connectivity index (χ0) is 9.97. The molecule has 1 aliphatic carbocycles. The first-order valence-corrected chi connectivity index (χ1v) is 5.38. The Morgan fingerprint density at radius 2 is 2.07 bits per heavy atom. The molecule has 1 fully saturated rings. The zero-order valence-electron chi connectivity index (χ0n) is 8.61. The smallest absolute Gasteiger partial charge is 0.0609 e. The Morgan fingerprint density at radius 3 is 2.71 bits per heavy atom. The highest BCUT2D eigenvalue weighted by Gasteiger charge is 2.24. The molecule has 0 amide bonds. The van der Waals surface area contributed by atoms with Gasteiger partial charge in [-0.2, -0.15) is 0 Å². The number of aliphatic hydroxyl groups is 1. The van der Waals surface area contributed by atoms with Crippen LogP contribution in [0.4, 0.5) is 0 Å². The minimum absolute atomic E-state index is 0.159. The van der Waals surface area contributed by atoms with Crippen LogP contribution in [0.2, 0.25) is 0 Å². The summed E-state index contributed by atoms with van der Waals surface area (Å²) in [7, 11) is 0.